The maximum atomic E-state index is 13.6. The number of rotatable bonds is 6. The van der Waals surface area contributed by atoms with Crippen molar-refractivity contribution in [2.24, 2.45) is 5.92 Å². The van der Waals surface area contributed by atoms with E-state index in [4.69, 9.17) is 5.26 Å². The Morgan fingerprint density at radius 3 is 2.26 bits per heavy atom. The Hall–Kier alpha value is -3.24. The lowest BCUT2D eigenvalue weighted by Crippen LogP contribution is -2.68. The molecule has 1 aromatic heterocycles. The van der Waals surface area contributed by atoms with Crippen LogP contribution in [0.5, 0.6) is 0 Å². The van der Waals surface area contributed by atoms with Crippen molar-refractivity contribution >= 4 is 22.5 Å². The van der Waals surface area contributed by atoms with Crippen molar-refractivity contribution in [1.29, 1.82) is 5.26 Å². The van der Waals surface area contributed by atoms with E-state index in [-0.39, 0.29) is 46.9 Å². The topological polar surface area (TPSA) is 137 Å². The van der Waals surface area contributed by atoms with Crippen LogP contribution in [0.2, 0.25) is 0 Å². The molecule has 2 N–H and O–H groups in total. The van der Waals surface area contributed by atoms with Crippen LogP contribution in [0.15, 0.2) is 48.8 Å². The highest BCUT2D eigenvalue weighted by atomic mass is 32.3. The summed E-state index contributed by atoms with van der Waals surface area (Å²) in [6, 6.07) is 14.0. The van der Waals surface area contributed by atoms with Crippen LogP contribution in [0.3, 0.4) is 0 Å². The normalized spacial score (nSPS) is 27.5. The number of nitrogens with zero attached hydrogens (tertiary/aromatic N) is 7. The Morgan fingerprint density at radius 2 is 1.74 bits per heavy atom. The van der Waals surface area contributed by atoms with Crippen molar-refractivity contribution < 1.29 is 18.7 Å². The summed E-state index contributed by atoms with van der Waals surface area (Å²) in [5, 5.41) is 8.16. The fraction of sp³-hybridized carbons (Fsp3) is 0.567. The van der Waals surface area contributed by atoms with E-state index in [9.17, 15) is 18.7 Å². The molecule has 6 rings (SSSR count). The molecule has 2 aromatic rings. The Bertz CT molecular complexity index is 1280. The molecule has 0 unspecified atom stereocenters. The summed E-state index contributed by atoms with van der Waals surface area (Å²) in [6.07, 6.45) is 8.39. The molecule has 4 aliphatic rings. The molecule has 2 saturated carbocycles. The second-order valence-electron chi connectivity index (χ2n) is 12.2. The number of hydrogen-bond donors (Lipinski definition) is 2. The van der Waals surface area contributed by atoms with Gasteiger partial charge in [0.1, 0.15) is 12.6 Å². The first-order valence-corrected chi connectivity index (χ1v) is 16.4. The lowest BCUT2D eigenvalue weighted by molar-refractivity contribution is -0.131. The third kappa shape index (κ3) is 6.10. The molecule has 226 valence electrons. The minimum absolute atomic E-state index is 0.0121. The molecule has 2 aliphatic carbocycles. The highest BCUT2D eigenvalue weighted by Gasteiger charge is 2.64. The monoisotopic (exact) mass is 595 g/mol. The van der Waals surface area contributed by atoms with E-state index in [1.54, 1.807) is 21.9 Å². The average Bonchev–Trinajstić information content (AvgIpc) is 3.21. The SMILES string of the molecule is CN(C)C1(c2ccccc2)CC2(CN(CC(=O)N3CCS(O)(O)CC3)C(=O)N2CC2CCC2)C1.N#Cc1ncccn1. The fourth-order valence-electron chi connectivity index (χ4n) is 6.67. The molecule has 4 fully saturated rings. The van der Waals surface area contributed by atoms with Crippen molar-refractivity contribution in [1.82, 2.24) is 29.6 Å². The van der Waals surface area contributed by atoms with Gasteiger partial charge >= 0.3 is 6.03 Å². The largest absolute Gasteiger partial charge is 0.338 e. The summed E-state index contributed by atoms with van der Waals surface area (Å²) < 4.78 is 19.7. The van der Waals surface area contributed by atoms with Gasteiger partial charge in [-0.2, -0.15) is 15.9 Å². The first kappa shape index (κ1) is 30.2. The average molecular weight is 596 g/mol. The van der Waals surface area contributed by atoms with E-state index in [0.29, 0.717) is 25.6 Å². The summed E-state index contributed by atoms with van der Waals surface area (Å²) >= 11 is 0. The third-order valence-electron chi connectivity index (χ3n) is 9.36. The first-order valence-electron chi connectivity index (χ1n) is 14.6. The van der Waals surface area contributed by atoms with Gasteiger partial charge in [0.15, 0.2) is 0 Å². The summed E-state index contributed by atoms with van der Waals surface area (Å²) in [5.74, 6) is 1.15. The Balaban J connectivity index is 0.000000382. The Labute approximate surface area is 249 Å². The second kappa shape index (κ2) is 12.2. The molecule has 11 nitrogen and oxygen atoms in total. The zero-order valence-electron chi connectivity index (χ0n) is 24.4. The maximum absolute atomic E-state index is 13.6. The molecule has 1 aromatic carbocycles. The van der Waals surface area contributed by atoms with Crippen LogP contribution < -0.4 is 0 Å². The molecule has 0 radical (unpaired) electrons. The van der Waals surface area contributed by atoms with Crippen molar-refractivity contribution in [2.75, 3.05) is 58.3 Å². The number of carbonyl (C=O) groups is 2. The van der Waals surface area contributed by atoms with E-state index in [0.717, 1.165) is 19.4 Å². The van der Waals surface area contributed by atoms with Gasteiger partial charge in [0, 0.05) is 38.6 Å². The summed E-state index contributed by atoms with van der Waals surface area (Å²) in [7, 11) is 1.69. The van der Waals surface area contributed by atoms with Crippen LogP contribution in [0, 0.1) is 17.2 Å². The number of amides is 3. The number of nitriles is 1. The van der Waals surface area contributed by atoms with Crippen molar-refractivity contribution in [2.45, 2.75) is 43.2 Å². The molecule has 1 spiro atoms. The van der Waals surface area contributed by atoms with E-state index in [2.05, 4.69) is 58.1 Å². The van der Waals surface area contributed by atoms with Crippen LogP contribution in [-0.2, 0) is 10.3 Å². The predicted octanol–water partition coefficient (Wildman–Crippen LogP) is 3.45. The highest BCUT2D eigenvalue weighted by Crippen LogP contribution is 2.57. The van der Waals surface area contributed by atoms with Gasteiger partial charge in [0.25, 0.3) is 0 Å². The van der Waals surface area contributed by atoms with Gasteiger partial charge in [-0.15, -0.1) is 0 Å². The van der Waals surface area contributed by atoms with Crippen LogP contribution in [0.25, 0.3) is 0 Å². The first-order chi connectivity index (χ1) is 20.1. The van der Waals surface area contributed by atoms with Gasteiger partial charge in [0.05, 0.1) is 22.6 Å². The Morgan fingerprint density at radius 1 is 1.10 bits per heavy atom. The van der Waals surface area contributed by atoms with Gasteiger partial charge in [-0.1, -0.05) is 36.8 Å². The molecule has 42 heavy (non-hydrogen) atoms. The van der Waals surface area contributed by atoms with Crippen LogP contribution in [0.1, 0.15) is 43.5 Å². The molecular formula is C30H41N7O4S. The zero-order chi connectivity index (χ0) is 30.0. The summed E-state index contributed by atoms with van der Waals surface area (Å²) in [6.45, 7) is 2.12. The minimum Gasteiger partial charge on any atom is -0.338 e. The lowest BCUT2D eigenvalue weighted by Gasteiger charge is -2.61. The number of aromatic nitrogens is 2. The number of carbonyl (C=O) groups excluding carboxylic acids is 2. The zero-order valence-corrected chi connectivity index (χ0v) is 25.2. The van der Waals surface area contributed by atoms with Crippen molar-refractivity contribution in [3.63, 3.8) is 0 Å². The quantitative estimate of drug-likeness (QED) is 0.518. The van der Waals surface area contributed by atoms with E-state index in [1.165, 1.54) is 37.2 Å². The minimum atomic E-state index is -2.55. The van der Waals surface area contributed by atoms with Crippen molar-refractivity contribution in [3.8, 4) is 6.07 Å². The molecule has 3 amide bonds. The van der Waals surface area contributed by atoms with Crippen LogP contribution >= 0.6 is 10.6 Å². The number of benzene rings is 1. The van der Waals surface area contributed by atoms with Gasteiger partial charge < -0.3 is 14.7 Å². The number of urea groups is 1. The van der Waals surface area contributed by atoms with E-state index < -0.39 is 10.6 Å². The van der Waals surface area contributed by atoms with Gasteiger partial charge in [-0.05, 0) is 57.3 Å². The highest BCUT2D eigenvalue weighted by molar-refractivity contribution is 8.24. The summed E-state index contributed by atoms with van der Waals surface area (Å²) in [5.41, 5.74) is 0.925. The van der Waals surface area contributed by atoms with Crippen LogP contribution in [-0.4, -0.2) is 114 Å². The third-order valence-corrected chi connectivity index (χ3v) is 11.0. The second-order valence-corrected chi connectivity index (χ2v) is 14.6. The standard InChI is InChI=1S/C25H38N4O4S.C5H3N3/c1-26(2)25(21-9-4-3-5-10-21)17-24(18-25)19-28(23(31)29(24)15-20-7-6-8-20)16-22(30)27-11-13-34(32,33)14-12-27;6-4-5-7-2-1-3-8-5/h3-5,9-10,20,32-33H,6-8,11-19H2,1-2H3;1-3H. The Kier molecular flexibility index (Phi) is 8.76. The van der Waals surface area contributed by atoms with Gasteiger partial charge in [-0.3, -0.25) is 18.8 Å². The molecule has 0 bridgehead atoms. The molecule has 12 heteroatoms. The summed E-state index contributed by atoms with van der Waals surface area (Å²) in [4.78, 5) is 41.7. The van der Waals surface area contributed by atoms with Crippen LogP contribution in [0.4, 0.5) is 4.79 Å². The smallest absolute Gasteiger partial charge is 0.321 e. The van der Waals surface area contributed by atoms with Gasteiger partial charge in [-0.25, -0.2) is 14.8 Å². The van der Waals surface area contributed by atoms with E-state index >= 15 is 0 Å². The number of hydrogen-bond acceptors (Lipinski definition) is 8. The molecule has 2 saturated heterocycles. The predicted molar refractivity (Wildman–Crippen MR) is 161 cm³/mol. The molecule has 2 aliphatic heterocycles. The lowest BCUT2D eigenvalue weighted by atomic mass is 9.58. The molecular weight excluding hydrogens is 554 g/mol. The maximum Gasteiger partial charge on any atom is 0.321 e. The van der Waals surface area contributed by atoms with Crippen molar-refractivity contribution in [3.05, 3.63) is 60.2 Å². The molecule has 0 atom stereocenters. The van der Waals surface area contributed by atoms with E-state index in [1.807, 2.05) is 6.07 Å². The molecule has 3 heterocycles. The van der Waals surface area contributed by atoms with Gasteiger partial charge in [0.2, 0.25) is 11.7 Å². The fourth-order valence-corrected chi connectivity index (χ4v) is 7.90.